The molecule has 0 amide bonds. The molecule has 0 fully saturated rings. The van der Waals surface area contributed by atoms with Crippen LogP contribution in [0.4, 0.5) is 0 Å². The molecule has 0 aliphatic carbocycles. The van der Waals surface area contributed by atoms with Crippen LogP contribution in [-0.4, -0.2) is 45.5 Å². The molecular formula is C12H25NO4. The molecule has 0 aromatic rings. The predicted octanol–water partition coefficient (Wildman–Crippen LogP) is 0.956. The highest BCUT2D eigenvalue weighted by Crippen LogP contribution is 2.03. The molecule has 17 heavy (non-hydrogen) atoms. The number of ether oxygens (including phenoxy) is 3. The fourth-order valence-electron chi connectivity index (χ4n) is 1.11. The highest BCUT2D eigenvalue weighted by atomic mass is 16.6. The Morgan fingerprint density at radius 2 is 1.88 bits per heavy atom. The van der Waals surface area contributed by atoms with Crippen LogP contribution in [0, 0.1) is 5.92 Å². The van der Waals surface area contributed by atoms with E-state index in [1.807, 2.05) is 13.8 Å². The standard InChI is InChI=1S/C12H25NO4/c1-10(2)11(13)9-12(14)17-8-7-16-6-4-5-15-3/h10-11H,4-9,13H2,1-3H3. The van der Waals surface area contributed by atoms with E-state index in [4.69, 9.17) is 19.9 Å². The van der Waals surface area contributed by atoms with E-state index >= 15 is 0 Å². The SMILES string of the molecule is COCCCOCCOC(=O)CC(N)C(C)C. The molecule has 2 N–H and O–H groups in total. The Kier molecular flexibility index (Phi) is 10.1. The van der Waals surface area contributed by atoms with Crippen LogP contribution in [0.15, 0.2) is 0 Å². The third-order valence-corrected chi connectivity index (χ3v) is 2.39. The molecule has 0 saturated heterocycles. The van der Waals surface area contributed by atoms with Gasteiger partial charge in [0.15, 0.2) is 0 Å². The largest absolute Gasteiger partial charge is 0.463 e. The van der Waals surface area contributed by atoms with Crippen molar-refractivity contribution in [3.63, 3.8) is 0 Å². The first kappa shape index (κ1) is 16.4. The van der Waals surface area contributed by atoms with Gasteiger partial charge in [-0.05, 0) is 12.3 Å². The maximum Gasteiger partial charge on any atom is 0.307 e. The number of rotatable bonds is 10. The summed E-state index contributed by atoms with van der Waals surface area (Å²) in [6, 6.07) is -0.134. The van der Waals surface area contributed by atoms with Gasteiger partial charge in [0, 0.05) is 26.4 Å². The topological polar surface area (TPSA) is 70.8 Å². The molecule has 5 heteroatoms. The Bertz CT molecular complexity index is 197. The smallest absolute Gasteiger partial charge is 0.307 e. The van der Waals surface area contributed by atoms with Crippen LogP contribution < -0.4 is 5.73 Å². The van der Waals surface area contributed by atoms with E-state index in [0.29, 0.717) is 19.8 Å². The number of carbonyl (C=O) groups excluding carboxylic acids is 1. The molecule has 0 spiro atoms. The van der Waals surface area contributed by atoms with Crippen molar-refractivity contribution in [2.75, 3.05) is 33.5 Å². The van der Waals surface area contributed by atoms with Gasteiger partial charge in [0.25, 0.3) is 0 Å². The van der Waals surface area contributed by atoms with Crippen LogP contribution in [0.25, 0.3) is 0 Å². The van der Waals surface area contributed by atoms with Crippen molar-refractivity contribution < 1.29 is 19.0 Å². The number of esters is 1. The van der Waals surface area contributed by atoms with E-state index in [1.54, 1.807) is 7.11 Å². The monoisotopic (exact) mass is 247 g/mol. The fraction of sp³-hybridized carbons (Fsp3) is 0.917. The lowest BCUT2D eigenvalue weighted by molar-refractivity contribution is -0.145. The van der Waals surface area contributed by atoms with Crippen LogP contribution in [0.2, 0.25) is 0 Å². The van der Waals surface area contributed by atoms with Crippen molar-refractivity contribution in [3.8, 4) is 0 Å². The third kappa shape index (κ3) is 10.2. The highest BCUT2D eigenvalue weighted by molar-refractivity contribution is 5.70. The lowest BCUT2D eigenvalue weighted by atomic mass is 10.0. The summed E-state index contributed by atoms with van der Waals surface area (Å²) in [5, 5.41) is 0. The fourth-order valence-corrected chi connectivity index (χ4v) is 1.11. The summed E-state index contributed by atoms with van der Waals surface area (Å²) in [6.45, 7) is 5.98. The molecule has 0 aliphatic rings. The Morgan fingerprint density at radius 1 is 1.18 bits per heavy atom. The minimum atomic E-state index is -0.258. The second kappa shape index (κ2) is 10.5. The summed E-state index contributed by atoms with van der Waals surface area (Å²) < 4.78 is 15.1. The lowest BCUT2D eigenvalue weighted by Crippen LogP contribution is -2.30. The summed E-state index contributed by atoms with van der Waals surface area (Å²) in [7, 11) is 1.65. The van der Waals surface area contributed by atoms with Gasteiger partial charge in [0.1, 0.15) is 6.61 Å². The first-order valence-electron chi connectivity index (χ1n) is 6.05. The summed E-state index contributed by atoms with van der Waals surface area (Å²) in [6.07, 6.45) is 1.12. The van der Waals surface area contributed by atoms with E-state index < -0.39 is 0 Å². The normalized spacial score (nSPS) is 12.8. The van der Waals surface area contributed by atoms with E-state index in [2.05, 4.69) is 0 Å². The Balaban J connectivity index is 3.33. The molecule has 5 nitrogen and oxygen atoms in total. The molecular weight excluding hydrogens is 222 g/mol. The number of nitrogens with two attached hydrogens (primary N) is 1. The summed E-state index contributed by atoms with van der Waals surface area (Å²) in [5.74, 6) is 0.0273. The maximum absolute atomic E-state index is 11.3. The van der Waals surface area contributed by atoms with Gasteiger partial charge < -0.3 is 19.9 Å². The van der Waals surface area contributed by atoms with Crippen LogP contribution in [-0.2, 0) is 19.0 Å². The quantitative estimate of drug-likeness (QED) is 0.460. The lowest BCUT2D eigenvalue weighted by Gasteiger charge is -2.14. The summed E-state index contributed by atoms with van der Waals surface area (Å²) in [4.78, 5) is 11.3. The average Bonchev–Trinajstić information content (AvgIpc) is 2.27. The van der Waals surface area contributed by atoms with Crippen molar-refractivity contribution >= 4 is 5.97 Å². The summed E-state index contributed by atoms with van der Waals surface area (Å²) >= 11 is 0. The molecule has 0 aliphatic heterocycles. The van der Waals surface area contributed by atoms with Crippen LogP contribution in [0.3, 0.4) is 0 Å². The molecule has 0 saturated carbocycles. The zero-order valence-electron chi connectivity index (χ0n) is 11.1. The number of hydrogen-bond donors (Lipinski definition) is 1. The van der Waals surface area contributed by atoms with Crippen LogP contribution in [0.5, 0.6) is 0 Å². The Hall–Kier alpha value is -0.650. The van der Waals surface area contributed by atoms with Crippen molar-refractivity contribution in [1.29, 1.82) is 0 Å². The van der Waals surface area contributed by atoms with Crippen LogP contribution in [0.1, 0.15) is 26.7 Å². The molecule has 0 bridgehead atoms. The zero-order valence-corrected chi connectivity index (χ0v) is 11.1. The van der Waals surface area contributed by atoms with Gasteiger partial charge in [-0.15, -0.1) is 0 Å². The van der Waals surface area contributed by atoms with Gasteiger partial charge in [-0.2, -0.15) is 0 Å². The van der Waals surface area contributed by atoms with Crippen molar-refractivity contribution in [2.45, 2.75) is 32.7 Å². The number of carbonyl (C=O) groups is 1. The molecule has 0 heterocycles. The van der Waals surface area contributed by atoms with Crippen molar-refractivity contribution in [3.05, 3.63) is 0 Å². The molecule has 102 valence electrons. The molecule has 1 atom stereocenters. The second-order valence-corrected chi connectivity index (χ2v) is 4.29. The van der Waals surface area contributed by atoms with E-state index in [1.165, 1.54) is 0 Å². The van der Waals surface area contributed by atoms with Crippen molar-refractivity contribution in [2.24, 2.45) is 11.7 Å². The van der Waals surface area contributed by atoms with Gasteiger partial charge in [0.2, 0.25) is 0 Å². The van der Waals surface area contributed by atoms with E-state index in [9.17, 15) is 4.79 Å². The molecule has 0 rings (SSSR count). The summed E-state index contributed by atoms with van der Waals surface area (Å²) in [5.41, 5.74) is 5.76. The first-order chi connectivity index (χ1) is 8.07. The van der Waals surface area contributed by atoms with Gasteiger partial charge in [-0.25, -0.2) is 0 Å². The van der Waals surface area contributed by atoms with Gasteiger partial charge in [-0.1, -0.05) is 13.8 Å². The van der Waals surface area contributed by atoms with Gasteiger partial charge >= 0.3 is 5.97 Å². The predicted molar refractivity (Wildman–Crippen MR) is 65.7 cm³/mol. The molecule has 0 radical (unpaired) electrons. The molecule has 0 aromatic carbocycles. The average molecular weight is 247 g/mol. The Morgan fingerprint density at radius 3 is 2.47 bits per heavy atom. The third-order valence-electron chi connectivity index (χ3n) is 2.39. The Labute approximate surface area is 104 Å². The zero-order chi connectivity index (χ0) is 13.1. The van der Waals surface area contributed by atoms with Crippen molar-refractivity contribution in [1.82, 2.24) is 0 Å². The number of hydrogen-bond acceptors (Lipinski definition) is 5. The van der Waals surface area contributed by atoms with E-state index in [-0.39, 0.29) is 31.0 Å². The number of methoxy groups -OCH3 is 1. The van der Waals surface area contributed by atoms with E-state index in [0.717, 1.165) is 6.42 Å². The molecule has 0 aromatic heterocycles. The molecule has 1 unspecified atom stereocenters. The minimum absolute atomic E-state index is 0.134. The van der Waals surface area contributed by atoms with Crippen LogP contribution >= 0.6 is 0 Å². The van der Waals surface area contributed by atoms with Gasteiger partial charge in [0.05, 0.1) is 13.0 Å². The highest BCUT2D eigenvalue weighted by Gasteiger charge is 2.13. The second-order valence-electron chi connectivity index (χ2n) is 4.29. The first-order valence-corrected chi connectivity index (χ1v) is 6.05. The van der Waals surface area contributed by atoms with Gasteiger partial charge in [-0.3, -0.25) is 4.79 Å². The minimum Gasteiger partial charge on any atom is -0.463 e. The maximum atomic E-state index is 11.3.